The number of amides is 2. The highest BCUT2D eigenvalue weighted by Crippen LogP contribution is 2.17. The molecule has 2 amide bonds. The number of ether oxygens (including phenoxy) is 1. The van der Waals surface area contributed by atoms with Crippen LogP contribution in [0.3, 0.4) is 0 Å². The van der Waals surface area contributed by atoms with E-state index in [1.54, 1.807) is 19.2 Å². The Hall–Kier alpha value is -2.73. The number of phenols is 1. The molecule has 2 aromatic carbocycles. The van der Waals surface area contributed by atoms with Crippen LogP contribution < -0.4 is 10.1 Å². The van der Waals surface area contributed by atoms with Crippen molar-refractivity contribution in [3.63, 3.8) is 0 Å². The minimum absolute atomic E-state index is 0.0813. The van der Waals surface area contributed by atoms with Crippen molar-refractivity contribution in [2.75, 3.05) is 38.6 Å². The van der Waals surface area contributed by atoms with Gasteiger partial charge < -0.3 is 20.1 Å². The third-order valence-corrected chi connectivity index (χ3v) is 4.32. The van der Waals surface area contributed by atoms with Gasteiger partial charge in [-0.2, -0.15) is 0 Å². The molecule has 0 unspecified atom stereocenters. The lowest BCUT2D eigenvalue weighted by Crippen LogP contribution is -2.49. The van der Waals surface area contributed by atoms with Gasteiger partial charge in [0.1, 0.15) is 11.5 Å². The predicted molar refractivity (Wildman–Crippen MR) is 97.0 cm³/mol. The van der Waals surface area contributed by atoms with E-state index in [4.69, 9.17) is 4.74 Å². The first-order valence-electron chi connectivity index (χ1n) is 8.34. The summed E-state index contributed by atoms with van der Waals surface area (Å²) in [4.78, 5) is 16.5. The van der Waals surface area contributed by atoms with Crippen LogP contribution in [0.15, 0.2) is 48.5 Å². The first-order valence-corrected chi connectivity index (χ1v) is 8.34. The monoisotopic (exact) mass is 341 g/mol. The molecule has 0 spiro atoms. The molecule has 1 aliphatic heterocycles. The van der Waals surface area contributed by atoms with Gasteiger partial charge in [0.25, 0.3) is 0 Å². The van der Waals surface area contributed by atoms with E-state index in [1.165, 1.54) is 0 Å². The molecule has 0 bridgehead atoms. The highest BCUT2D eigenvalue weighted by molar-refractivity contribution is 5.89. The van der Waals surface area contributed by atoms with Gasteiger partial charge in [0, 0.05) is 38.4 Å². The Labute approximate surface area is 147 Å². The smallest absolute Gasteiger partial charge is 0.321 e. The van der Waals surface area contributed by atoms with Crippen LogP contribution in [0.1, 0.15) is 5.56 Å². The van der Waals surface area contributed by atoms with E-state index in [0.29, 0.717) is 13.1 Å². The van der Waals surface area contributed by atoms with E-state index in [1.807, 2.05) is 41.3 Å². The highest BCUT2D eigenvalue weighted by atomic mass is 16.5. The Bertz CT molecular complexity index is 710. The molecular formula is C19H23N3O3. The van der Waals surface area contributed by atoms with Crippen LogP contribution in [0, 0.1) is 0 Å². The lowest BCUT2D eigenvalue weighted by atomic mass is 10.2. The van der Waals surface area contributed by atoms with Crippen LogP contribution in [0.25, 0.3) is 0 Å². The number of hydrogen-bond acceptors (Lipinski definition) is 4. The predicted octanol–water partition coefficient (Wildman–Crippen LogP) is 2.75. The number of phenolic OH excluding ortho intramolecular Hbond substituents is 1. The largest absolute Gasteiger partial charge is 0.508 e. The Kier molecular flexibility index (Phi) is 5.40. The molecule has 1 saturated heterocycles. The molecule has 0 aromatic heterocycles. The molecule has 0 radical (unpaired) electrons. The maximum atomic E-state index is 12.4. The highest BCUT2D eigenvalue weighted by Gasteiger charge is 2.21. The van der Waals surface area contributed by atoms with Crippen molar-refractivity contribution in [2.45, 2.75) is 6.54 Å². The van der Waals surface area contributed by atoms with Gasteiger partial charge in [0.05, 0.1) is 7.11 Å². The molecule has 2 N–H and O–H groups in total. The van der Waals surface area contributed by atoms with Crippen LogP contribution in [-0.2, 0) is 6.54 Å². The average molecular weight is 341 g/mol. The summed E-state index contributed by atoms with van der Waals surface area (Å²) in [7, 11) is 1.61. The fourth-order valence-electron chi connectivity index (χ4n) is 2.90. The molecule has 25 heavy (non-hydrogen) atoms. The minimum atomic E-state index is -0.0813. The van der Waals surface area contributed by atoms with E-state index >= 15 is 0 Å². The normalized spacial score (nSPS) is 15.0. The zero-order valence-corrected chi connectivity index (χ0v) is 14.3. The average Bonchev–Trinajstić information content (AvgIpc) is 2.63. The van der Waals surface area contributed by atoms with E-state index in [0.717, 1.165) is 36.6 Å². The number of anilines is 1. The van der Waals surface area contributed by atoms with E-state index < -0.39 is 0 Å². The van der Waals surface area contributed by atoms with Gasteiger partial charge in [-0.25, -0.2) is 4.79 Å². The van der Waals surface area contributed by atoms with Crippen LogP contribution in [0.5, 0.6) is 11.5 Å². The number of urea groups is 1. The lowest BCUT2D eigenvalue weighted by Gasteiger charge is -2.34. The number of piperazine rings is 1. The number of rotatable bonds is 4. The second-order valence-corrected chi connectivity index (χ2v) is 6.09. The lowest BCUT2D eigenvalue weighted by molar-refractivity contribution is 0.143. The van der Waals surface area contributed by atoms with Gasteiger partial charge in [-0.1, -0.05) is 12.1 Å². The Balaban J connectivity index is 1.48. The Morgan fingerprint density at radius 1 is 1.12 bits per heavy atom. The maximum absolute atomic E-state index is 12.4. The summed E-state index contributed by atoms with van der Waals surface area (Å²) in [5.74, 6) is 1.05. The van der Waals surface area contributed by atoms with Gasteiger partial charge >= 0.3 is 6.03 Å². The van der Waals surface area contributed by atoms with E-state index in [-0.39, 0.29) is 11.8 Å². The number of benzene rings is 2. The molecule has 2 aromatic rings. The zero-order chi connectivity index (χ0) is 17.6. The molecule has 1 heterocycles. The van der Waals surface area contributed by atoms with Gasteiger partial charge in [-0.15, -0.1) is 0 Å². The van der Waals surface area contributed by atoms with Crippen molar-refractivity contribution in [1.29, 1.82) is 0 Å². The Morgan fingerprint density at radius 2 is 1.84 bits per heavy atom. The van der Waals surface area contributed by atoms with Crippen molar-refractivity contribution in [3.8, 4) is 11.5 Å². The quantitative estimate of drug-likeness (QED) is 0.897. The van der Waals surface area contributed by atoms with Crippen LogP contribution in [-0.4, -0.2) is 54.2 Å². The summed E-state index contributed by atoms with van der Waals surface area (Å²) in [6, 6.07) is 14.5. The van der Waals surface area contributed by atoms with Crippen molar-refractivity contribution >= 4 is 11.7 Å². The third-order valence-electron chi connectivity index (χ3n) is 4.32. The summed E-state index contributed by atoms with van der Waals surface area (Å²) < 4.78 is 5.11. The second-order valence-electron chi connectivity index (χ2n) is 6.09. The van der Waals surface area contributed by atoms with Crippen molar-refractivity contribution in [2.24, 2.45) is 0 Å². The summed E-state index contributed by atoms with van der Waals surface area (Å²) >= 11 is 0. The van der Waals surface area contributed by atoms with Crippen molar-refractivity contribution < 1.29 is 14.6 Å². The molecule has 0 aliphatic carbocycles. The summed E-state index contributed by atoms with van der Waals surface area (Å²) in [5.41, 5.74) is 1.84. The molecule has 1 fully saturated rings. The Morgan fingerprint density at radius 3 is 2.48 bits per heavy atom. The van der Waals surface area contributed by atoms with E-state index in [9.17, 15) is 9.90 Å². The van der Waals surface area contributed by atoms with Gasteiger partial charge in [-0.3, -0.25) is 4.90 Å². The topological polar surface area (TPSA) is 65.0 Å². The summed E-state index contributed by atoms with van der Waals surface area (Å²) in [6.07, 6.45) is 0. The first-order chi connectivity index (χ1) is 12.1. The number of carbonyl (C=O) groups is 1. The van der Waals surface area contributed by atoms with Gasteiger partial charge in [0.15, 0.2) is 0 Å². The minimum Gasteiger partial charge on any atom is -0.508 e. The molecule has 0 atom stereocenters. The SMILES string of the molecule is COc1ccc(NC(=O)N2CCN(Cc3cccc(O)c3)CC2)cc1. The van der Waals surface area contributed by atoms with Crippen molar-refractivity contribution in [1.82, 2.24) is 9.80 Å². The first kappa shape index (κ1) is 17.1. The fourth-order valence-corrected chi connectivity index (χ4v) is 2.90. The van der Waals surface area contributed by atoms with Crippen LogP contribution >= 0.6 is 0 Å². The van der Waals surface area contributed by atoms with Crippen LogP contribution in [0.2, 0.25) is 0 Å². The standard InChI is InChI=1S/C19H23N3O3/c1-25-18-7-5-16(6-8-18)20-19(24)22-11-9-21(10-12-22)14-15-3-2-4-17(23)13-15/h2-8,13,23H,9-12,14H2,1H3,(H,20,24). The number of nitrogens with zero attached hydrogens (tertiary/aromatic N) is 2. The second kappa shape index (κ2) is 7.90. The summed E-state index contributed by atoms with van der Waals surface area (Å²) in [6.45, 7) is 3.77. The van der Waals surface area contributed by atoms with Crippen molar-refractivity contribution in [3.05, 3.63) is 54.1 Å². The number of nitrogens with one attached hydrogen (secondary N) is 1. The maximum Gasteiger partial charge on any atom is 0.321 e. The molecule has 3 rings (SSSR count). The van der Waals surface area contributed by atoms with Gasteiger partial charge in [-0.05, 0) is 42.0 Å². The number of aromatic hydroxyl groups is 1. The number of methoxy groups -OCH3 is 1. The molecule has 6 heteroatoms. The summed E-state index contributed by atoms with van der Waals surface area (Å²) in [5, 5.41) is 12.5. The van der Waals surface area contributed by atoms with Crippen LogP contribution in [0.4, 0.5) is 10.5 Å². The molecule has 6 nitrogen and oxygen atoms in total. The zero-order valence-electron chi connectivity index (χ0n) is 14.3. The van der Waals surface area contributed by atoms with E-state index in [2.05, 4.69) is 10.2 Å². The molecule has 132 valence electrons. The van der Waals surface area contributed by atoms with Gasteiger partial charge in [0.2, 0.25) is 0 Å². The molecule has 0 saturated carbocycles. The molecule has 1 aliphatic rings. The molecular weight excluding hydrogens is 318 g/mol. The number of hydrogen-bond donors (Lipinski definition) is 2. The number of carbonyl (C=O) groups excluding carboxylic acids is 1. The fraction of sp³-hybridized carbons (Fsp3) is 0.316. The third kappa shape index (κ3) is 4.64.